The number of carbonyl (C=O) groups excluding carboxylic acids is 1. The van der Waals surface area contributed by atoms with Crippen LogP contribution in [0.3, 0.4) is 0 Å². The van der Waals surface area contributed by atoms with Gasteiger partial charge in [-0.1, -0.05) is 28.9 Å². The molecule has 0 radical (unpaired) electrons. The van der Waals surface area contributed by atoms with Gasteiger partial charge in [0.15, 0.2) is 5.82 Å². The van der Waals surface area contributed by atoms with E-state index in [1.165, 1.54) is 12.1 Å². The Bertz CT molecular complexity index is 1090. The molecule has 28 heavy (non-hydrogen) atoms. The Hall–Kier alpha value is -3.24. The zero-order chi connectivity index (χ0) is 19.7. The van der Waals surface area contributed by atoms with Gasteiger partial charge >= 0.3 is 0 Å². The van der Waals surface area contributed by atoms with Crippen molar-refractivity contribution >= 4 is 17.5 Å². The summed E-state index contributed by atoms with van der Waals surface area (Å²) in [5, 5.41) is 13.3. The molecule has 0 N–H and O–H groups in total. The Balaban J connectivity index is 1.50. The van der Waals surface area contributed by atoms with Gasteiger partial charge in [-0.15, -0.1) is 0 Å². The van der Waals surface area contributed by atoms with E-state index in [-0.39, 0.29) is 23.3 Å². The van der Waals surface area contributed by atoms with Crippen molar-refractivity contribution in [3.8, 4) is 17.5 Å². The molecule has 2 aromatic carbocycles. The van der Waals surface area contributed by atoms with Gasteiger partial charge in [0.25, 0.3) is 5.89 Å². The van der Waals surface area contributed by atoms with E-state index in [1.54, 1.807) is 35.2 Å². The molecule has 6 nitrogen and oxygen atoms in total. The van der Waals surface area contributed by atoms with E-state index in [4.69, 9.17) is 21.4 Å². The van der Waals surface area contributed by atoms with Crippen molar-refractivity contribution in [3.63, 3.8) is 0 Å². The molecule has 3 aromatic rings. The molecule has 8 heteroatoms. The third-order valence-corrected chi connectivity index (χ3v) is 4.99. The highest BCUT2D eigenvalue weighted by Gasteiger charge is 2.34. The molecule has 1 saturated heterocycles. The molecule has 1 amide bonds. The van der Waals surface area contributed by atoms with Gasteiger partial charge in [-0.25, -0.2) is 4.39 Å². The molecule has 0 aliphatic carbocycles. The number of nitriles is 1. The first-order valence-corrected chi connectivity index (χ1v) is 8.97. The van der Waals surface area contributed by atoms with Crippen molar-refractivity contribution in [3.05, 3.63) is 70.3 Å². The van der Waals surface area contributed by atoms with Crippen LogP contribution < -0.4 is 0 Å². The molecule has 1 unspecified atom stereocenters. The van der Waals surface area contributed by atoms with E-state index in [1.807, 2.05) is 0 Å². The van der Waals surface area contributed by atoms with Crippen LogP contribution in [0.2, 0.25) is 5.02 Å². The topological polar surface area (TPSA) is 83.0 Å². The van der Waals surface area contributed by atoms with Crippen LogP contribution in [0.4, 0.5) is 4.39 Å². The molecule has 1 aromatic heterocycles. The SMILES string of the molecule is N#Cc1cccc(-c2nc(C3CC(=O)N(Cc4ccc(F)cc4Cl)C3)no2)c1. The van der Waals surface area contributed by atoms with Crippen molar-refractivity contribution in [2.45, 2.75) is 18.9 Å². The van der Waals surface area contributed by atoms with Crippen LogP contribution in [-0.4, -0.2) is 27.5 Å². The molecule has 1 fully saturated rings. The summed E-state index contributed by atoms with van der Waals surface area (Å²) in [5.41, 5.74) is 1.83. The lowest BCUT2D eigenvalue weighted by Gasteiger charge is -2.17. The second-order valence-corrected chi connectivity index (χ2v) is 6.97. The summed E-state index contributed by atoms with van der Waals surface area (Å²) in [6, 6.07) is 13.1. The van der Waals surface area contributed by atoms with E-state index in [9.17, 15) is 9.18 Å². The molecule has 140 valence electrons. The normalized spacial score (nSPS) is 16.4. The van der Waals surface area contributed by atoms with Crippen LogP contribution in [0.5, 0.6) is 0 Å². The zero-order valence-electron chi connectivity index (χ0n) is 14.6. The molecule has 4 rings (SSSR count). The summed E-state index contributed by atoms with van der Waals surface area (Å²) in [6.45, 7) is 0.715. The van der Waals surface area contributed by atoms with Crippen LogP contribution in [0.25, 0.3) is 11.5 Å². The highest BCUT2D eigenvalue weighted by Crippen LogP contribution is 2.30. The molecule has 0 saturated carbocycles. The molecule has 1 aliphatic rings. The van der Waals surface area contributed by atoms with Crippen LogP contribution in [0, 0.1) is 17.1 Å². The smallest absolute Gasteiger partial charge is 0.257 e. The number of amides is 1. The number of nitrogens with zero attached hydrogens (tertiary/aromatic N) is 4. The van der Waals surface area contributed by atoms with Crippen LogP contribution in [0.15, 0.2) is 47.0 Å². The molecular formula is C20H14ClFN4O2. The van der Waals surface area contributed by atoms with Gasteiger partial charge in [0.1, 0.15) is 5.82 Å². The number of benzene rings is 2. The standard InChI is InChI=1S/C20H14ClFN4O2/c21-17-8-16(22)5-4-14(17)10-26-11-15(7-18(26)27)19-24-20(28-25-19)13-3-1-2-12(6-13)9-23/h1-6,8,15H,7,10-11H2. The average Bonchev–Trinajstić information content (AvgIpc) is 3.31. The van der Waals surface area contributed by atoms with Crippen molar-refractivity contribution < 1.29 is 13.7 Å². The number of hydrogen-bond acceptors (Lipinski definition) is 5. The van der Waals surface area contributed by atoms with Gasteiger partial charge in [-0.2, -0.15) is 10.2 Å². The van der Waals surface area contributed by atoms with E-state index in [0.29, 0.717) is 41.5 Å². The fourth-order valence-electron chi connectivity index (χ4n) is 3.19. The number of carbonyl (C=O) groups is 1. The zero-order valence-corrected chi connectivity index (χ0v) is 15.4. The first-order valence-electron chi connectivity index (χ1n) is 8.59. The first kappa shape index (κ1) is 18.1. The third-order valence-electron chi connectivity index (χ3n) is 4.64. The monoisotopic (exact) mass is 396 g/mol. The van der Waals surface area contributed by atoms with E-state index < -0.39 is 5.82 Å². The van der Waals surface area contributed by atoms with Crippen LogP contribution in [0.1, 0.15) is 29.3 Å². The number of hydrogen-bond donors (Lipinski definition) is 0. The second-order valence-electron chi connectivity index (χ2n) is 6.56. The molecule has 2 heterocycles. The van der Waals surface area contributed by atoms with Gasteiger partial charge in [0.05, 0.1) is 11.6 Å². The lowest BCUT2D eigenvalue weighted by atomic mass is 10.1. The molecule has 0 spiro atoms. The fourth-order valence-corrected chi connectivity index (χ4v) is 3.42. The van der Waals surface area contributed by atoms with E-state index in [0.717, 1.165) is 0 Å². The Kier molecular flexibility index (Phi) is 4.80. The van der Waals surface area contributed by atoms with Crippen molar-refractivity contribution in [1.29, 1.82) is 5.26 Å². The summed E-state index contributed by atoms with van der Waals surface area (Å²) in [7, 11) is 0. The Morgan fingerprint density at radius 2 is 2.18 bits per heavy atom. The number of likely N-dealkylation sites (tertiary alicyclic amines) is 1. The fraction of sp³-hybridized carbons (Fsp3) is 0.200. The van der Waals surface area contributed by atoms with Gasteiger partial charge in [0.2, 0.25) is 5.91 Å². The molecule has 1 atom stereocenters. The van der Waals surface area contributed by atoms with Gasteiger partial charge < -0.3 is 9.42 Å². The quantitative estimate of drug-likeness (QED) is 0.667. The summed E-state index contributed by atoms with van der Waals surface area (Å²) in [6.07, 6.45) is 0.260. The maximum absolute atomic E-state index is 13.2. The maximum Gasteiger partial charge on any atom is 0.257 e. The Labute approximate surface area is 165 Å². The third kappa shape index (κ3) is 3.59. The minimum absolute atomic E-state index is 0.0526. The highest BCUT2D eigenvalue weighted by molar-refractivity contribution is 6.31. The van der Waals surface area contributed by atoms with E-state index >= 15 is 0 Å². The van der Waals surface area contributed by atoms with Gasteiger partial charge in [-0.3, -0.25) is 4.79 Å². The predicted octanol–water partition coefficient (Wildman–Crippen LogP) is 3.92. The molecular weight excluding hydrogens is 383 g/mol. The summed E-state index contributed by atoms with van der Waals surface area (Å²) in [5.74, 6) is 0.0729. The minimum atomic E-state index is -0.417. The summed E-state index contributed by atoms with van der Waals surface area (Å²) in [4.78, 5) is 18.4. The summed E-state index contributed by atoms with van der Waals surface area (Å²) < 4.78 is 18.5. The van der Waals surface area contributed by atoms with E-state index in [2.05, 4.69) is 16.2 Å². The first-order chi connectivity index (χ1) is 13.5. The maximum atomic E-state index is 13.2. The van der Waals surface area contributed by atoms with Crippen molar-refractivity contribution in [2.24, 2.45) is 0 Å². The minimum Gasteiger partial charge on any atom is -0.338 e. The average molecular weight is 397 g/mol. The van der Waals surface area contributed by atoms with Gasteiger partial charge in [-0.05, 0) is 35.9 Å². The predicted molar refractivity (Wildman–Crippen MR) is 98.6 cm³/mol. The number of halogens is 2. The molecule has 1 aliphatic heterocycles. The second kappa shape index (κ2) is 7.41. The van der Waals surface area contributed by atoms with Crippen molar-refractivity contribution in [1.82, 2.24) is 15.0 Å². The van der Waals surface area contributed by atoms with Gasteiger partial charge in [0, 0.05) is 36.0 Å². The molecule has 0 bridgehead atoms. The Morgan fingerprint density at radius 3 is 2.96 bits per heavy atom. The van der Waals surface area contributed by atoms with Crippen LogP contribution in [-0.2, 0) is 11.3 Å². The number of aromatic nitrogens is 2. The lowest BCUT2D eigenvalue weighted by Crippen LogP contribution is -2.24. The largest absolute Gasteiger partial charge is 0.338 e. The van der Waals surface area contributed by atoms with Crippen molar-refractivity contribution in [2.75, 3.05) is 6.54 Å². The highest BCUT2D eigenvalue weighted by atomic mass is 35.5. The van der Waals surface area contributed by atoms with Crippen LogP contribution >= 0.6 is 11.6 Å². The number of rotatable bonds is 4. The Morgan fingerprint density at radius 1 is 1.32 bits per heavy atom. The summed E-state index contributed by atoms with van der Waals surface area (Å²) >= 11 is 6.06. The lowest BCUT2D eigenvalue weighted by molar-refractivity contribution is -0.128.